The maximum atomic E-state index is 8.95. The van der Waals surface area contributed by atoms with Gasteiger partial charge in [-0.15, -0.1) is 0 Å². The van der Waals surface area contributed by atoms with E-state index in [1.807, 2.05) is 13.8 Å². The van der Waals surface area contributed by atoms with Crippen molar-refractivity contribution in [2.24, 2.45) is 5.92 Å². The first kappa shape index (κ1) is 15.7. The Morgan fingerprint density at radius 3 is 2.78 bits per heavy atom. The number of aliphatic hydroxyl groups excluding tert-OH is 1. The fourth-order valence-electron chi connectivity index (χ4n) is 2.13. The highest BCUT2D eigenvalue weighted by molar-refractivity contribution is 4.99. The van der Waals surface area contributed by atoms with Crippen LogP contribution in [0.4, 0.5) is 0 Å². The van der Waals surface area contributed by atoms with Crippen LogP contribution in [0.1, 0.15) is 53.4 Å². The van der Waals surface area contributed by atoms with Gasteiger partial charge in [-0.05, 0) is 52.4 Å². The zero-order valence-electron chi connectivity index (χ0n) is 12.2. The van der Waals surface area contributed by atoms with Crippen LogP contribution in [0, 0.1) is 5.92 Å². The van der Waals surface area contributed by atoms with Crippen molar-refractivity contribution in [1.82, 2.24) is 0 Å². The molecule has 1 N–H and O–H groups in total. The van der Waals surface area contributed by atoms with Gasteiger partial charge >= 0.3 is 0 Å². The summed E-state index contributed by atoms with van der Waals surface area (Å²) in [6.45, 7) is 9.17. The van der Waals surface area contributed by atoms with Crippen LogP contribution in [0.2, 0.25) is 0 Å². The van der Waals surface area contributed by atoms with Gasteiger partial charge in [0.25, 0.3) is 0 Å². The third-order valence-electron chi connectivity index (χ3n) is 3.38. The second-order valence-electron chi connectivity index (χ2n) is 5.92. The molecule has 0 radical (unpaired) electrons. The lowest BCUT2D eigenvalue weighted by molar-refractivity contribution is -0.137. The fraction of sp³-hybridized carbons (Fsp3) is 0.867. The first-order valence-corrected chi connectivity index (χ1v) is 7.01. The Morgan fingerprint density at radius 2 is 2.22 bits per heavy atom. The number of rotatable bonds is 7. The highest BCUT2D eigenvalue weighted by Gasteiger charge is 2.31. The van der Waals surface area contributed by atoms with E-state index in [-0.39, 0.29) is 6.10 Å². The van der Waals surface area contributed by atoms with Crippen LogP contribution in [0.3, 0.4) is 0 Å². The lowest BCUT2D eigenvalue weighted by Gasteiger charge is -2.16. The molecule has 0 aromatic carbocycles. The van der Waals surface area contributed by atoms with Crippen LogP contribution < -0.4 is 0 Å². The molecule has 0 saturated carbocycles. The highest BCUT2D eigenvalue weighted by Crippen LogP contribution is 2.24. The summed E-state index contributed by atoms with van der Waals surface area (Å²) < 4.78 is 11.3. The Kier molecular flexibility index (Phi) is 6.33. The minimum Gasteiger partial charge on any atom is -0.396 e. The normalized spacial score (nSPS) is 25.4. The van der Waals surface area contributed by atoms with Crippen molar-refractivity contribution in [3.8, 4) is 0 Å². The van der Waals surface area contributed by atoms with E-state index in [9.17, 15) is 0 Å². The van der Waals surface area contributed by atoms with E-state index >= 15 is 0 Å². The molecule has 3 nitrogen and oxygen atoms in total. The zero-order valence-corrected chi connectivity index (χ0v) is 12.2. The Bertz CT molecular complexity index is 271. The Labute approximate surface area is 111 Å². The third kappa shape index (κ3) is 5.98. The molecule has 106 valence electrons. The summed E-state index contributed by atoms with van der Waals surface area (Å²) in [6, 6.07) is 0. The van der Waals surface area contributed by atoms with E-state index in [1.54, 1.807) is 0 Å². The van der Waals surface area contributed by atoms with Gasteiger partial charge in [0.1, 0.15) is 0 Å². The molecular formula is C15H28O3. The van der Waals surface area contributed by atoms with E-state index in [2.05, 4.69) is 19.9 Å². The topological polar surface area (TPSA) is 38.7 Å². The number of ether oxygens (including phenoxy) is 2. The van der Waals surface area contributed by atoms with Crippen LogP contribution in [-0.4, -0.2) is 30.2 Å². The monoisotopic (exact) mass is 256 g/mol. The quantitative estimate of drug-likeness (QED) is 0.710. The largest absolute Gasteiger partial charge is 0.396 e. The van der Waals surface area contributed by atoms with Crippen molar-refractivity contribution in [3.05, 3.63) is 11.6 Å². The average Bonchev–Trinajstić information content (AvgIpc) is 2.66. The number of aliphatic hydroxyl groups is 1. The molecule has 1 aliphatic heterocycles. The summed E-state index contributed by atoms with van der Waals surface area (Å²) in [5, 5.41) is 8.95. The van der Waals surface area contributed by atoms with Crippen molar-refractivity contribution in [1.29, 1.82) is 0 Å². The van der Waals surface area contributed by atoms with Gasteiger partial charge in [0.05, 0.1) is 12.7 Å². The van der Waals surface area contributed by atoms with Gasteiger partial charge in [-0.3, -0.25) is 0 Å². The van der Waals surface area contributed by atoms with Gasteiger partial charge in [0.2, 0.25) is 0 Å². The van der Waals surface area contributed by atoms with Crippen LogP contribution in [0.15, 0.2) is 11.6 Å². The summed E-state index contributed by atoms with van der Waals surface area (Å²) in [7, 11) is 0. The van der Waals surface area contributed by atoms with Gasteiger partial charge in [0, 0.05) is 6.61 Å². The molecule has 1 aliphatic rings. The predicted octanol–water partition coefficient (Wildman–Crippen LogP) is 3.27. The molecule has 1 heterocycles. The molecule has 1 saturated heterocycles. The molecule has 3 heteroatoms. The molecular weight excluding hydrogens is 228 g/mol. The molecule has 1 rings (SSSR count). The van der Waals surface area contributed by atoms with Crippen molar-refractivity contribution < 1.29 is 14.6 Å². The van der Waals surface area contributed by atoms with Crippen LogP contribution >= 0.6 is 0 Å². The molecule has 1 fully saturated rings. The molecule has 18 heavy (non-hydrogen) atoms. The first-order chi connectivity index (χ1) is 8.43. The molecule has 0 spiro atoms. The zero-order chi connectivity index (χ0) is 13.6. The smallest absolute Gasteiger partial charge is 0.163 e. The fourth-order valence-corrected chi connectivity index (χ4v) is 2.13. The van der Waals surface area contributed by atoms with Crippen molar-refractivity contribution in [2.75, 3.05) is 13.2 Å². The number of hydrogen-bond acceptors (Lipinski definition) is 3. The summed E-state index contributed by atoms with van der Waals surface area (Å²) in [5.74, 6) is 0.00773. The molecule has 0 aliphatic carbocycles. The first-order valence-electron chi connectivity index (χ1n) is 7.01. The minimum atomic E-state index is -0.414. The highest BCUT2D eigenvalue weighted by atomic mass is 16.7. The Morgan fingerprint density at radius 1 is 1.50 bits per heavy atom. The van der Waals surface area contributed by atoms with Crippen LogP contribution in [-0.2, 0) is 9.47 Å². The molecule has 2 atom stereocenters. The SMILES string of the molecule is C/C(=C\C[C@H]1COC(C)(C)O1)CCC[C@H](C)CO. The minimum absolute atomic E-state index is 0.200. The van der Waals surface area contributed by atoms with E-state index in [0.717, 1.165) is 25.7 Å². The molecule has 0 aromatic heterocycles. The van der Waals surface area contributed by atoms with E-state index in [1.165, 1.54) is 5.57 Å². The Balaban J connectivity index is 2.18. The van der Waals surface area contributed by atoms with Crippen molar-refractivity contribution in [3.63, 3.8) is 0 Å². The molecule has 0 amide bonds. The van der Waals surface area contributed by atoms with Crippen molar-refractivity contribution in [2.45, 2.75) is 65.3 Å². The maximum absolute atomic E-state index is 8.95. The van der Waals surface area contributed by atoms with Crippen molar-refractivity contribution >= 4 is 0 Å². The van der Waals surface area contributed by atoms with Crippen LogP contribution in [0.5, 0.6) is 0 Å². The van der Waals surface area contributed by atoms with Gasteiger partial charge in [0.15, 0.2) is 5.79 Å². The Hall–Kier alpha value is -0.380. The maximum Gasteiger partial charge on any atom is 0.163 e. The van der Waals surface area contributed by atoms with E-state index in [0.29, 0.717) is 19.1 Å². The van der Waals surface area contributed by atoms with Crippen LogP contribution in [0.25, 0.3) is 0 Å². The standard InChI is InChI=1S/C15H28O3/c1-12(6-5-7-13(2)10-16)8-9-14-11-17-15(3,4)18-14/h8,13-14,16H,5-7,9-11H2,1-4H3/b12-8+/t13-,14-/m0/s1. The molecule has 0 unspecified atom stereocenters. The second-order valence-corrected chi connectivity index (χ2v) is 5.92. The summed E-state index contributed by atoms with van der Waals surface area (Å²) in [4.78, 5) is 0. The van der Waals surface area contributed by atoms with Gasteiger partial charge in [-0.1, -0.05) is 18.6 Å². The summed E-state index contributed by atoms with van der Waals surface area (Å²) >= 11 is 0. The predicted molar refractivity (Wildman–Crippen MR) is 73.4 cm³/mol. The second kappa shape index (κ2) is 7.27. The lowest BCUT2D eigenvalue weighted by atomic mass is 10.0. The number of allylic oxidation sites excluding steroid dienone is 1. The van der Waals surface area contributed by atoms with Gasteiger partial charge < -0.3 is 14.6 Å². The molecule has 0 aromatic rings. The van der Waals surface area contributed by atoms with Gasteiger partial charge in [-0.2, -0.15) is 0 Å². The van der Waals surface area contributed by atoms with E-state index < -0.39 is 5.79 Å². The van der Waals surface area contributed by atoms with Gasteiger partial charge in [-0.25, -0.2) is 0 Å². The summed E-state index contributed by atoms with van der Waals surface area (Å²) in [5.41, 5.74) is 1.41. The average molecular weight is 256 g/mol. The lowest BCUT2D eigenvalue weighted by Crippen LogP contribution is -2.21. The number of hydrogen-bond donors (Lipinski definition) is 1. The van der Waals surface area contributed by atoms with E-state index in [4.69, 9.17) is 14.6 Å². The summed E-state index contributed by atoms with van der Waals surface area (Å²) in [6.07, 6.45) is 6.76. The molecule has 0 bridgehead atoms. The third-order valence-corrected chi connectivity index (χ3v) is 3.38.